The highest BCUT2D eigenvalue weighted by Gasteiger charge is 2.16. The van der Waals surface area contributed by atoms with Crippen LogP contribution >= 0.6 is 12.6 Å². The van der Waals surface area contributed by atoms with Crippen LogP contribution in [-0.2, 0) is 4.79 Å². The minimum atomic E-state index is 0.164. The molecule has 0 bridgehead atoms. The molecule has 0 N–H and O–H groups in total. The largest absolute Gasteiger partial charge is 0.299 e. The van der Waals surface area contributed by atoms with E-state index in [4.69, 9.17) is 0 Å². The van der Waals surface area contributed by atoms with Gasteiger partial charge >= 0.3 is 0 Å². The van der Waals surface area contributed by atoms with Crippen LogP contribution in [-0.4, -0.2) is 11.5 Å². The second-order valence-electron chi connectivity index (χ2n) is 2.84. The van der Waals surface area contributed by atoms with Gasteiger partial charge in [-0.3, -0.25) is 4.79 Å². The summed E-state index contributed by atoms with van der Waals surface area (Å²) in [6.07, 6.45) is 0.917. The number of thiol groups is 1. The summed E-state index contributed by atoms with van der Waals surface area (Å²) in [5, 5.41) is 0. The molecule has 0 spiro atoms. The van der Waals surface area contributed by atoms with Gasteiger partial charge in [-0.05, 0) is 12.2 Å². The lowest BCUT2D eigenvalue weighted by Crippen LogP contribution is -2.20. The number of Topliss-reactive ketones (excluding diaryl/α,β-unsaturated/α-hetero) is 1. The number of ketones is 1. The minimum absolute atomic E-state index is 0.164. The molecule has 1 nitrogen and oxygen atoms in total. The van der Waals surface area contributed by atoms with Gasteiger partial charge in [-0.15, -0.1) is 0 Å². The molecule has 1 unspecified atom stereocenters. The van der Waals surface area contributed by atoms with E-state index in [9.17, 15) is 4.79 Å². The molecule has 10 heavy (non-hydrogen) atoms. The normalized spacial score (nSPS) is 13.7. The zero-order valence-corrected chi connectivity index (χ0v) is 7.82. The molecule has 0 aromatic carbocycles. The van der Waals surface area contributed by atoms with Gasteiger partial charge in [-0.2, -0.15) is 12.6 Å². The van der Waals surface area contributed by atoms with Gasteiger partial charge < -0.3 is 0 Å². The quantitative estimate of drug-likeness (QED) is 0.624. The van der Waals surface area contributed by atoms with Crippen LogP contribution in [0.4, 0.5) is 0 Å². The molecule has 60 valence electrons. The predicted octanol–water partition coefficient (Wildman–Crippen LogP) is 2.17. The third-order valence-corrected chi connectivity index (χ3v) is 2.13. The number of rotatable bonds is 4. The highest BCUT2D eigenvalue weighted by atomic mass is 32.1. The fourth-order valence-corrected chi connectivity index (χ4v) is 1.33. The van der Waals surface area contributed by atoms with Crippen LogP contribution in [0.2, 0.25) is 0 Å². The Kier molecular flexibility index (Phi) is 4.79. The van der Waals surface area contributed by atoms with Crippen LogP contribution in [0.1, 0.15) is 27.2 Å². The van der Waals surface area contributed by atoms with E-state index in [0.717, 1.165) is 6.42 Å². The highest BCUT2D eigenvalue weighted by Crippen LogP contribution is 2.11. The Labute approximate surface area is 68.6 Å². The summed E-state index contributed by atoms with van der Waals surface area (Å²) in [4.78, 5) is 11.3. The van der Waals surface area contributed by atoms with Crippen LogP contribution < -0.4 is 0 Å². The molecule has 0 heterocycles. The topological polar surface area (TPSA) is 17.1 Å². The van der Waals surface area contributed by atoms with Gasteiger partial charge in [0.1, 0.15) is 5.78 Å². The lowest BCUT2D eigenvalue weighted by molar-refractivity contribution is -0.125. The monoisotopic (exact) mass is 160 g/mol. The summed E-state index contributed by atoms with van der Waals surface area (Å²) in [6.45, 7) is 5.91. The molecule has 0 aromatic heterocycles. The fourth-order valence-electron chi connectivity index (χ4n) is 0.892. The molecular weight excluding hydrogens is 144 g/mol. The van der Waals surface area contributed by atoms with Crippen molar-refractivity contribution in [3.05, 3.63) is 0 Å². The van der Waals surface area contributed by atoms with Gasteiger partial charge in [0, 0.05) is 11.8 Å². The Morgan fingerprint density at radius 1 is 1.50 bits per heavy atom. The first-order valence-electron chi connectivity index (χ1n) is 3.78. The average Bonchev–Trinajstić information content (AvgIpc) is 1.90. The maximum atomic E-state index is 11.3. The zero-order valence-electron chi connectivity index (χ0n) is 6.92. The standard InChI is InChI=1S/C8H16OS/c1-4-7(5-10)8(9)6(2)3/h6-7,10H,4-5H2,1-3H3. The third kappa shape index (κ3) is 2.74. The molecular formula is C8H16OS. The van der Waals surface area contributed by atoms with Crippen LogP contribution in [0.3, 0.4) is 0 Å². The lowest BCUT2D eigenvalue weighted by atomic mass is 9.95. The van der Waals surface area contributed by atoms with E-state index < -0.39 is 0 Å². The first-order valence-corrected chi connectivity index (χ1v) is 4.41. The smallest absolute Gasteiger partial charge is 0.139 e. The first-order chi connectivity index (χ1) is 4.63. The average molecular weight is 160 g/mol. The van der Waals surface area contributed by atoms with E-state index in [2.05, 4.69) is 12.6 Å². The number of hydrogen-bond acceptors (Lipinski definition) is 2. The Morgan fingerprint density at radius 3 is 2.10 bits per heavy atom. The second-order valence-corrected chi connectivity index (χ2v) is 3.21. The number of carbonyl (C=O) groups excluding carboxylic acids is 1. The van der Waals surface area contributed by atoms with Crippen molar-refractivity contribution in [2.45, 2.75) is 27.2 Å². The van der Waals surface area contributed by atoms with Gasteiger partial charge in [0.25, 0.3) is 0 Å². The molecule has 0 radical (unpaired) electrons. The predicted molar refractivity (Wildman–Crippen MR) is 47.5 cm³/mol. The third-order valence-electron chi connectivity index (χ3n) is 1.68. The molecule has 0 saturated carbocycles. The second kappa shape index (κ2) is 4.78. The molecule has 0 aliphatic heterocycles. The van der Waals surface area contributed by atoms with E-state index in [1.165, 1.54) is 0 Å². The maximum absolute atomic E-state index is 11.3. The number of hydrogen-bond donors (Lipinski definition) is 1. The molecule has 0 amide bonds. The Bertz CT molecular complexity index is 106. The molecule has 0 aromatic rings. The van der Waals surface area contributed by atoms with Gasteiger partial charge in [0.15, 0.2) is 0 Å². The van der Waals surface area contributed by atoms with E-state index >= 15 is 0 Å². The summed E-state index contributed by atoms with van der Waals surface area (Å²) in [5.41, 5.74) is 0. The molecule has 0 fully saturated rings. The van der Waals surface area contributed by atoms with Crippen molar-refractivity contribution in [3.63, 3.8) is 0 Å². The van der Waals surface area contributed by atoms with Crippen molar-refractivity contribution in [2.24, 2.45) is 11.8 Å². The van der Waals surface area contributed by atoms with Crippen molar-refractivity contribution in [1.29, 1.82) is 0 Å². The molecule has 2 heteroatoms. The SMILES string of the molecule is CCC(CS)C(=O)C(C)C. The summed E-state index contributed by atoms with van der Waals surface area (Å²) in [5.74, 6) is 1.37. The van der Waals surface area contributed by atoms with Crippen LogP contribution in [0.5, 0.6) is 0 Å². The molecule has 0 aliphatic rings. The highest BCUT2D eigenvalue weighted by molar-refractivity contribution is 7.80. The van der Waals surface area contributed by atoms with E-state index in [-0.39, 0.29) is 11.8 Å². The van der Waals surface area contributed by atoms with E-state index in [0.29, 0.717) is 11.5 Å². The van der Waals surface area contributed by atoms with Crippen molar-refractivity contribution in [2.75, 3.05) is 5.75 Å². The van der Waals surface area contributed by atoms with Crippen molar-refractivity contribution < 1.29 is 4.79 Å². The van der Waals surface area contributed by atoms with Gasteiger partial charge in [0.2, 0.25) is 0 Å². The van der Waals surface area contributed by atoms with Crippen molar-refractivity contribution >= 4 is 18.4 Å². The Balaban J connectivity index is 3.89. The Hall–Kier alpha value is 0.0200. The van der Waals surface area contributed by atoms with Crippen molar-refractivity contribution in [1.82, 2.24) is 0 Å². The van der Waals surface area contributed by atoms with Gasteiger partial charge in [0.05, 0.1) is 0 Å². The van der Waals surface area contributed by atoms with Crippen LogP contribution in [0.15, 0.2) is 0 Å². The maximum Gasteiger partial charge on any atom is 0.139 e. The Morgan fingerprint density at radius 2 is 2.00 bits per heavy atom. The molecule has 0 rings (SSSR count). The molecule has 1 atom stereocenters. The fraction of sp³-hybridized carbons (Fsp3) is 0.875. The molecule has 0 aliphatic carbocycles. The summed E-state index contributed by atoms with van der Waals surface area (Å²) >= 11 is 4.11. The van der Waals surface area contributed by atoms with Gasteiger partial charge in [-0.1, -0.05) is 20.8 Å². The van der Waals surface area contributed by atoms with E-state index in [1.807, 2.05) is 20.8 Å². The first kappa shape index (κ1) is 10.0. The van der Waals surface area contributed by atoms with Crippen LogP contribution in [0, 0.1) is 11.8 Å². The summed E-state index contributed by atoms with van der Waals surface area (Å²) in [7, 11) is 0. The van der Waals surface area contributed by atoms with Gasteiger partial charge in [-0.25, -0.2) is 0 Å². The van der Waals surface area contributed by atoms with E-state index in [1.54, 1.807) is 0 Å². The minimum Gasteiger partial charge on any atom is -0.299 e. The summed E-state index contributed by atoms with van der Waals surface area (Å²) in [6, 6.07) is 0. The zero-order chi connectivity index (χ0) is 8.15. The lowest BCUT2D eigenvalue weighted by Gasteiger charge is -2.12. The van der Waals surface area contributed by atoms with Crippen molar-refractivity contribution in [3.8, 4) is 0 Å². The summed E-state index contributed by atoms with van der Waals surface area (Å²) < 4.78 is 0. The molecule has 0 saturated heterocycles. The number of carbonyl (C=O) groups is 1. The van der Waals surface area contributed by atoms with Crippen LogP contribution in [0.25, 0.3) is 0 Å².